The molecule has 2 aliphatic rings. The first kappa shape index (κ1) is 14.9. The van der Waals surface area contributed by atoms with Gasteiger partial charge in [0.2, 0.25) is 0 Å². The zero-order chi connectivity index (χ0) is 15.5. The van der Waals surface area contributed by atoms with Crippen LogP contribution in [0.3, 0.4) is 0 Å². The molecule has 22 heavy (non-hydrogen) atoms. The highest BCUT2D eigenvalue weighted by Gasteiger charge is 2.25. The van der Waals surface area contributed by atoms with Crippen LogP contribution in [0.15, 0.2) is 35.4 Å². The van der Waals surface area contributed by atoms with E-state index in [4.69, 9.17) is 16.3 Å². The molecule has 0 aromatic heterocycles. The van der Waals surface area contributed by atoms with E-state index >= 15 is 0 Å². The second kappa shape index (κ2) is 6.37. The molecule has 6 heteroatoms. The summed E-state index contributed by atoms with van der Waals surface area (Å²) in [5.74, 6) is 5.53. The van der Waals surface area contributed by atoms with Gasteiger partial charge in [-0.2, -0.15) is 5.10 Å². The lowest BCUT2D eigenvalue weighted by Gasteiger charge is -2.21. The first-order valence-electron chi connectivity index (χ1n) is 7.68. The van der Waals surface area contributed by atoms with Gasteiger partial charge in [0.05, 0.1) is 11.8 Å². The summed E-state index contributed by atoms with van der Waals surface area (Å²) in [5, 5.41) is 5.50. The molecule has 1 aromatic rings. The Morgan fingerprint density at radius 3 is 2.59 bits per heavy atom. The third-order valence-electron chi connectivity index (χ3n) is 4.25. The Balaban J connectivity index is 1.72. The molecule has 1 atom stereocenters. The lowest BCUT2D eigenvalue weighted by atomic mass is 10.1. The van der Waals surface area contributed by atoms with E-state index in [1.807, 2.05) is 36.3 Å². The molecular weight excluding hydrogens is 278 g/mol. The number of rotatable bonds is 4. The van der Waals surface area contributed by atoms with Crippen molar-refractivity contribution in [2.75, 3.05) is 7.05 Å². The van der Waals surface area contributed by atoms with Gasteiger partial charge in [0.15, 0.2) is 0 Å². The summed E-state index contributed by atoms with van der Waals surface area (Å²) in [4.78, 5) is 0. The Hall–Kier alpha value is -2.05. The first-order chi connectivity index (χ1) is 10.7. The van der Waals surface area contributed by atoms with Gasteiger partial charge in [-0.1, -0.05) is 37.1 Å². The first-order valence-corrected chi connectivity index (χ1v) is 7.68. The molecule has 1 heterocycles. The standard InChI is InChI=1S/C16H23N5O/c1-21-14(10-15(20-21)22-13-4-2-3-5-13)11-6-8-12(9-7-11)16(17)19-18/h6-10,13,15,20H,2-5,18H2,1H3,(H2,17,19). The van der Waals surface area contributed by atoms with Crippen molar-refractivity contribution in [1.29, 1.82) is 0 Å². The fourth-order valence-corrected chi connectivity index (χ4v) is 3.03. The average Bonchev–Trinajstić information content (AvgIpc) is 3.17. The summed E-state index contributed by atoms with van der Waals surface area (Å²) in [6.45, 7) is 0. The minimum atomic E-state index is -0.0570. The lowest BCUT2D eigenvalue weighted by molar-refractivity contribution is -0.0144. The monoisotopic (exact) mass is 301 g/mol. The predicted molar refractivity (Wildman–Crippen MR) is 87.4 cm³/mol. The van der Waals surface area contributed by atoms with Crippen LogP contribution in [0.25, 0.3) is 5.70 Å². The molecule has 1 saturated carbocycles. The molecule has 5 N–H and O–H groups in total. The van der Waals surface area contributed by atoms with Crippen molar-refractivity contribution in [2.45, 2.75) is 38.0 Å². The van der Waals surface area contributed by atoms with Crippen molar-refractivity contribution in [1.82, 2.24) is 10.4 Å². The highest BCUT2D eigenvalue weighted by molar-refractivity contribution is 5.97. The number of nitrogens with one attached hydrogen (secondary N) is 1. The molecule has 1 aliphatic heterocycles. The van der Waals surface area contributed by atoms with E-state index in [9.17, 15) is 0 Å². The van der Waals surface area contributed by atoms with Crippen LogP contribution in [0.5, 0.6) is 0 Å². The van der Waals surface area contributed by atoms with Crippen LogP contribution in [0, 0.1) is 0 Å². The van der Waals surface area contributed by atoms with E-state index in [2.05, 4.69) is 16.6 Å². The molecule has 1 aliphatic carbocycles. The Morgan fingerprint density at radius 2 is 1.95 bits per heavy atom. The maximum Gasteiger partial charge on any atom is 0.150 e. The van der Waals surface area contributed by atoms with Crippen LogP contribution in [-0.2, 0) is 4.74 Å². The number of hydrogen-bond acceptors (Lipinski definition) is 5. The SMILES string of the molecule is CN1NC(OC2CCCC2)C=C1c1ccc(/C(N)=N/N)cc1. The molecule has 118 valence electrons. The molecule has 0 radical (unpaired) electrons. The van der Waals surface area contributed by atoms with Crippen molar-refractivity contribution >= 4 is 11.5 Å². The normalized spacial score (nSPS) is 23.1. The van der Waals surface area contributed by atoms with Crippen LogP contribution in [0.1, 0.15) is 36.8 Å². The van der Waals surface area contributed by atoms with Gasteiger partial charge in [0, 0.05) is 12.6 Å². The van der Waals surface area contributed by atoms with Gasteiger partial charge in [-0.15, -0.1) is 0 Å². The van der Waals surface area contributed by atoms with Gasteiger partial charge in [-0.05, 0) is 24.5 Å². The van der Waals surface area contributed by atoms with E-state index in [0.29, 0.717) is 11.9 Å². The van der Waals surface area contributed by atoms with Gasteiger partial charge < -0.3 is 21.3 Å². The minimum absolute atomic E-state index is 0.0570. The van der Waals surface area contributed by atoms with Crippen molar-refractivity contribution < 1.29 is 4.74 Å². The number of benzene rings is 1. The van der Waals surface area contributed by atoms with Gasteiger partial charge in [-0.25, -0.2) is 5.43 Å². The summed E-state index contributed by atoms with van der Waals surface area (Å²) in [6.07, 6.45) is 7.32. The van der Waals surface area contributed by atoms with Crippen molar-refractivity contribution in [3.05, 3.63) is 41.5 Å². The Kier molecular flexibility index (Phi) is 4.31. The summed E-state index contributed by atoms with van der Waals surface area (Å²) in [5.41, 5.74) is 12.0. The largest absolute Gasteiger partial charge is 0.382 e. The topological polar surface area (TPSA) is 88.9 Å². The molecule has 1 fully saturated rings. The highest BCUT2D eigenvalue weighted by Crippen LogP contribution is 2.27. The molecule has 0 saturated heterocycles. The number of amidine groups is 1. The molecule has 1 aromatic carbocycles. The minimum Gasteiger partial charge on any atom is -0.382 e. The molecule has 0 amide bonds. The van der Waals surface area contributed by atoms with Gasteiger partial charge in [0.25, 0.3) is 0 Å². The third kappa shape index (κ3) is 3.08. The number of ether oxygens (including phenoxy) is 1. The molecule has 0 bridgehead atoms. The Bertz CT molecular complexity index is 575. The van der Waals surface area contributed by atoms with Crippen LogP contribution < -0.4 is 17.0 Å². The van der Waals surface area contributed by atoms with E-state index in [0.717, 1.165) is 29.7 Å². The molecule has 1 unspecified atom stereocenters. The van der Waals surface area contributed by atoms with Crippen molar-refractivity contribution in [3.63, 3.8) is 0 Å². The fourth-order valence-electron chi connectivity index (χ4n) is 3.03. The number of hydrazone groups is 1. The van der Waals surface area contributed by atoms with Crippen LogP contribution in [0.4, 0.5) is 0 Å². The lowest BCUT2D eigenvalue weighted by Crippen LogP contribution is -2.37. The van der Waals surface area contributed by atoms with E-state index < -0.39 is 0 Å². The molecule has 0 spiro atoms. The van der Waals surface area contributed by atoms with Gasteiger partial charge >= 0.3 is 0 Å². The van der Waals surface area contributed by atoms with E-state index in [1.54, 1.807) is 0 Å². The second-order valence-electron chi connectivity index (χ2n) is 5.79. The predicted octanol–water partition coefficient (Wildman–Crippen LogP) is 1.34. The second-order valence-corrected chi connectivity index (χ2v) is 5.79. The van der Waals surface area contributed by atoms with E-state index in [1.165, 1.54) is 12.8 Å². The smallest absolute Gasteiger partial charge is 0.150 e. The maximum absolute atomic E-state index is 6.09. The number of hydrazine groups is 1. The zero-order valence-electron chi connectivity index (χ0n) is 12.8. The number of nitrogens with two attached hydrogens (primary N) is 2. The average molecular weight is 301 g/mol. The maximum atomic E-state index is 6.09. The Morgan fingerprint density at radius 1 is 1.27 bits per heavy atom. The summed E-state index contributed by atoms with van der Waals surface area (Å²) < 4.78 is 6.09. The zero-order valence-corrected chi connectivity index (χ0v) is 12.8. The fraction of sp³-hybridized carbons (Fsp3) is 0.438. The van der Waals surface area contributed by atoms with Crippen molar-refractivity contribution in [2.24, 2.45) is 16.7 Å². The molecule has 3 rings (SSSR count). The molecule has 6 nitrogen and oxygen atoms in total. The summed E-state index contributed by atoms with van der Waals surface area (Å²) in [7, 11) is 1.99. The quantitative estimate of drug-likeness (QED) is 0.338. The van der Waals surface area contributed by atoms with Crippen LogP contribution in [0.2, 0.25) is 0 Å². The summed E-state index contributed by atoms with van der Waals surface area (Å²) in [6, 6.07) is 7.85. The van der Waals surface area contributed by atoms with Gasteiger partial charge in [0.1, 0.15) is 12.1 Å². The van der Waals surface area contributed by atoms with E-state index in [-0.39, 0.29) is 6.23 Å². The van der Waals surface area contributed by atoms with Crippen LogP contribution >= 0.6 is 0 Å². The van der Waals surface area contributed by atoms with Crippen molar-refractivity contribution in [3.8, 4) is 0 Å². The van der Waals surface area contributed by atoms with Crippen LogP contribution in [-0.4, -0.2) is 30.2 Å². The summed E-state index contributed by atoms with van der Waals surface area (Å²) >= 11 is 0. The highest BCUT2D eigenvalue weighted by atomic mass is 16.5. The Labute approximate surface area is 130 Å². The molecular formula is C16H23N5O. The third-order valence-corrected chi connectivity index (χ3v) is 4.25. The number of hydrogen-bond donors (Lipinski definition) is 3. The van der Waals surface area contributed by atoms with Gasteiger partial charge in [-0.3, -0.25) is 0 Å². The number of nitrogens with zero attached hydrogens (tertiary/aromatic N) is 2.